The molecule has 0 atom stereocenters. The third-order valence-electron chi connectivity index (χ3n) is 6.64. The highest BCUT2D eigenvalue weighted by Crippen LogP contribution is 2.30. The first kappa shape index (κ1) is 19.3. The summed E-state index contributed by atoms with van der Waals surface area (Å²) in [5.41, 5.74) is 8.41. The molecule has 7 rings (SSSR count). The van der Waals surface area contributed by atoms with E-state index in [9.17, 15) is 0 Å². The van der Waals surface area contributed by atoms with Gasteiger partial charge in [-0.05, 0) is 47.5 Å². The fourth-order valence-corrected chi connectivity index (χ4v) is 4.90. The molecule has 6 aromatic rings. The standard InChI is InChI=1S/C26H22N8/c27-34-9-7-23-20(14-34)19-11-18(4-6-22(19)31-23)25-29-12-24-26(32-25)33(15-30-24)13-16-3-5-21-17(10-16)2-1-8-28-21/h1-6,8,10-12,15,31H,7,9,13-14,27H2. The van der Waals surface area contributed by atoms with Gasteiger partial charge in [0.1, 0.15) is 5.52 Å². The summed E-state index contributed by atoms with van der Waals surface area (Å²) in [6, 6.07) is 16.7. The van der Waals surface area contributed by atoms with E-state index in [1.54, 1.807) is 6.20 Å². The minimum Gasteiger partial charge on any atom is -0.358 e. The van der Waals surface area contributed by atoms with Crippen LogP contribution in [-0.4, -0.2) is 41.0 Å². The van der Waals surface area contributed by atoms with Gasteiger partial charge < -0.3 is 9.55 Å². The lowest BCUT2D eigenvalue weighted by molar-refractivity contribution is 0.263. The molecule has 0 radical (unpaired) electrons. The van der Waals surface area contributed by atoms with Gasteiger partial charge in [0.05, 0.1) is 24.6 Å². The van der Waals surface area contributed by atoms with E-state index in [-0.39, 0.29) is 0 Å². The molecule has 0 unspecified atom stereocenters. The maximum Gasteiger partial charge on any atom is 0.164 e. The Morgan fingerprint density at radius 3 is 2.94 bits per heavy atom. The van der Waals surface area contributed by atoms with Gasteiger partial charge in [0, 0.05) is 53.3 Å². The number of fused-ring (bicyclic) bond motifs is 5. The van der Waals surface area contributed by atoms with E-state index in [0.717, 1.165) is 52.7 Å². The molecule has 34 heavy (non-hydrogen) atoms. The predicted octanol–water partition coefficient (Wildman–Crippen LogP) is 3.80. The second kappa shape index (κ2) is 7.44. The van der Waals surface area contributed by atoms with Crippen molar-refractivity contribution in [2.45, 2.75) is 19.5 Å². The number of nitrogens with two attached hydrogens (primary N) is 1. The number of imidazole rings is 1. The number of nitrogens with one attached hydrogen (secondary N) is 1. The largest absolute Gasteiger partial charge is 0.358 e. The van der Waals surface area contributed by atoms with Crippen LogP contribution in [-0.2, 0) is 19.5 Å². The van der Waals surface area contributed by atoms with Crippen molar-refractivity contribution in [2.24, 2.45) is 5.84 Å². The van der Waals surface area contributed by atoms with Gasteiger partial charge in [0.25, 0.3) is 0 Å². The zero-order valence-electron chi connectivity index (χ0n) is 18.4. The topological polar surface area (TPSA) is 102 Å². The summed E-state index contributed by atoms with van der Waals surface area (Å²) in [6.07, 6.45) is 6.38. The van der Waals surface area contributed by atoms with Crippen LogP contribution in [0.25, 0.3) is 44.4 Å². The van der Waals surface area contributed by atoms with Crippen LogP contribution in [0.2, 0.25) is 0 Å². The van der Waals surface area contributed by atoms with Crippen LogP contribution >= 0.6 is 0 Å². The highest BCUT2D eigenvalue weighted by molar-refractivity contribution is 5.89. The Kier molecular flexibility index (Phi) is 4.23. The van der Waals surface area contributed by atoms with Gasteiger partial charge >= 0.3 is 0 Å². The second-order valence-electron chi connectivity index (χ2n) is 8.87. The van der Waals surface area contributed by atoms with E-state index < -0.39 is 0 Å². The number of aromatic nitrogens is 6. The fraction of sp³-hybridized carbons (Fsp3) is 0.154. The number of pyridine rings is 1. The molecule has 1 aliphatic rings. The van der Waals surface area contributed by atoms with Crippen molar-refractivity contribution in [1.29, 1.82) is 0 Å². The Bertz CT molecular complexity index is 1700. The summed E-state index contributed by atoms with van der Waals surface area (Å²) in [5.74, 6) is 6.78. The van der Waals surface area contributed by atoms with Gasteiger partial charge in [-0.1, -0.05) is 12.1 Å². The van der Waals surface area contributed by atoms with E-state index >= 15 is 0 Å². The first-order chi connectivity index (χ1) is 16.7. The van der Waals surface area contributed by atoms with Gasteiger partial charge in [0.15, 0.2) is 11.5 Å². The number of hydrogen-bond acceptors (Lipinski definition) is 6. The van der Waals surface area contributed by atoms with Crippen LogP contribution in [0.15, 0.2) is 67.3 Å². The molecule has 0 fully saturated rings. The van der Waals surface area contributed by atoms with Crippen LogP contribution in [0.5, 0.6) is 0 Å². The summed E-state index contributed by atoms with van der Waals surface area (Å²) >= 11 is 0. The average molecular weight is 447 g/mol. The molecule has 0 saturated carbocycles. The summed E-state index contributed by atoms with van der Waals surface area (Å²) in [7, 11) is 0. The smallest absolute Gasteiger partial charge is 0.164 e. The lowest BCUT2D eigenvalue weighted by Crippen LogP contribution is -2.35. The molecule has 166 valence electrons. The van der Waals surface area contributed by atoms with E-state index in [4.69, 9.17) is 10.8 Å². The van der Waals surface area contributed by atoms with E-state index in [0.29, 0.717) is 12.4 Å². The van der Waals surface area contributed by atoms with Crippen LogP contribution in [0.4, 0.5) is 0 Å². The Balaban J connectivity index is 1.28. The maximum atomic E-state index is 6.09. The van der Waals surface area contributed by atoms with Crippen LogP contribution in [0.3, 0.4) is 0 Å². The number of rotatable bonds is 3. The number of nitrogens with zero attached hydrogens (tertiary/aromatic N) is 6. The number of H-pyrrole nitrogens is 1. The van der Waals surface area contributed by atoms with Crippen molar-refractivity contribution in [3.8, 4) is 11.4 Å². The zero-order chi connectivity index (χ0) is 22.6. The normalized spacial score (nSPS) is 14.3. The molecular formula is C26H22N8. The molecule has 0 spiro atoms. The molecule has 8 nitrogen and oxygen atoms in total. The van der Waals surface area contributed by atoms with Crippen molar-refractivity contribution in [3.63, 3.8) is 0 Å². The Morgan fingerprint density at radius 1 is 1.00 bits per heavy atom. The van der Waals surface area contributed by atoms with E-state index in [1.807, 2.05) is 23.6 Å². The Labute approximate surface area is 195 Å². The molecule has 0 saturated heterocycles. The van der Waals surface area contributed by atoms with Gasteiger partial charge in [-0.25, -0.2) is 20.0 Å². The Morgan fingerprint density at radius 2 is 1.97 bits per heavy atom. The summed E-state index contributed by atoms with van der Waals surface area (Å²) < 4.78 is 2.07. The molecule has 4 aromatic heterocycles. The van der Waals surface area contributed by atoms with Crippen molar-refractivity contribution >= 4 is 33.0 Å². The molecular weight excluding hydrogens is 424 g/mol. The molecule has 0 amide bonds. The molecule has 5 heterocycles. The molecule has 2 aromatic carbocycles. The summed E-state index contributed by atoms with van der Waals surface area (Å²) in [4.78, 5) is 22.0. The first-order valence-corrected chi connectivity index (χ1v) is 11.4. The predicted molar refractivity (Wildman–Crippen MR) is 132 cm³/mol. The minimum absolute atomic E-state index is 0.675. The van der Waals surface area contributed by atoms with Gasteiger partial charge in [-0.2, -0.15) is 0 Å². The van der Waals surface area contributed by atoms with Crippen molar-refractivity contribution in [3.05, 3.63) is 84.1 Å². The van der Waals surface area contributed by atoms with Crippen LogP contribution in [0, 0.1) is 0 Å². The third kappa shape index (κ3) is 3.15. The van der Waals surface area contributed by atoms with Gasteiger partial charge in [0.2, 0.25) is 0 Å². The van der Waals surface area contributed by atoms with Crippen molar-refractivity contribution < 1.29 is 0 Å². The van der Waals surface area contributed by atoms with Crippen LogP contribution in [0.1, 0.15) is 16.8 Å². The average Bonchev–Trinajstić information content (AvgIpc) is 3.44. The number of hydrogen-bond donors (Lipinski definition) is 2. The third-order valence-corrected chi connectivity index (χ3v) is 6.64. The number of hydrazine groups is 1. The monoisotopic (exact) mass is 446 g/mol. The lowest BCUT2D eigenvalue weighted by Gasteiger charge is -2.21. The SMILES string of the molecule is NN1CCc2[nH]c3ccc(-c4ncc5ncn(Cc6ccc7ncccc7c6)c5n4)cc3c2C1. The quantitative estimate of drug-likeness (QED) is 0.401. The lowest BCUT2D eigenvalue weighted by atomic mass is 10.0. The summed E-state index contributed by atoms with van der Waals surface area (Å²) in [5, 5.41) is 4.18. The Hall–Kier alpha value is -4.14. The molecule has 3 N–H and O–H groups in total. The number of aromatic amines is 1. The molecule has 8 heteroatoms. The maximum absolute atomic E-state index is 6.09. The summed E-state index contributed by atoms with van der Waals surface area (Å²) in [6.45, 7) is 2.28. The minimum atomic E-state index is 0.675. The van der Waals surface area contributed by atoms with Crippen molar-refractivity contribution in [2.75, 3.05) is 6.54 Å². The molecule has 1 aliphatic heterocycles. The van der Waals surface area contributed by atoms with E-state index in [1.165, 1.54) is 22.2 Å². The van der Waals surface area contributed by atoms with Crippen molar-refractivity contribution in [1.82, 2.24) is 34.5 Å². The second-order valence-corrected chi connectivity index (χ2v) is 8.87. The van der Waals surface area contributed by atoms with Gasteiger partial charge in [-0.3, -0.25) is 10.8 Å². The number of benzene rings is 2. The molecule has 0 aliphatic carbocycles. The fourth-order valence-electron chi connectivity index (χ4n) is 4.90. The first-order valence-electron chi connectivity index (χ1n) is 11.4. The van der Waals surface area contributed by atoms with Gasteiger partial charge in [-0.15, -0.1) is 0 Å². The molecule has 0 bridgehead atoms. The zero-order valence-corrected chi connectivity index (χ0v) is 18.4. The highest BCUT2D eigenvalue weighted by Gasteiger charge is 2.19. The van der Waals surface area contributed by atoms with Crippen LogP contribution < -0.4 is 5.84 Å². The highest BCUT2D eigenvalue weighted by atomic mass is 15.4. The van der Waals surface area contributed by atoms with E-state index in [2.05, 4.69) is 67.0 Å².